The summed E-state index contributed by atoms with van der Waals surface area (Å²) in [5.41, 5.74) is 4.82. The summed E-state index contributed by atoms with van der Waals surface area (Å²) in [5.74, 6) is 0. The van der Waals surface area contributed by atoms with E-state index in [1.807, 2.05) is 0 Å². The van der Waals surface area contributed by atoms with Crippen LogP contribution in [0.2, 0.25) is 0 Å². The van der Waals surface area contributed by atoms with E-state index in [1.165, 1.54) is 6.07 Å². The van der Waals surface area contributed by atoms with Gasteiger partial charge in [0.25, 0.3) is 0 Å². The van der Waals surface area contributed by atoms with Crippen LogP contribution in [0, 0.1) is 11.3 Å². The van der Waals surface area contributed by atoms with Gasteiger partial charge in [-0.15, -0.1) is 0 Å². The summed E-state index contributed by atoms with van der Waals surface area (Å²) >= 11 is 0. The van der Waals surface area contributed by atoms with Gasteiger partial charge >= 0.3 is 6.18 Å². The van der Waals surface area contributed by atoms with E-state index in [2.05, 4.69) is 4.98 Å². The molecule has 0 fully saturated rings. The number of rotatable bonds is 2. The monoisotopic (exact) mass is 203 g/mol. The molecule has 3 nitrogen and oxygen atoms in total. The maximum absolute atomic E-state index is 12.1. The van der Waals surface area contributed by atoms with Gasteiger partial charge in [0.2, 0.25) is 0 Å². The minimum absolute atomic E-state index is 0.0161. The number of aromatic nitrogens is 1. The molecular weight excluding hydrogens is 195 g/mol. The Morgan fingerprint density at radius 2 is 2.14 bits per heavy atom. The standard InChI is InChI=1S/C8H8F3N3/c9-8(10,11)7-2-1-6(14-7)5(13)3-4-12/h1-2,5,14H,3,13H2. The van der Waals surface area contributed by atoms with Gasteiger partial charge in [0, 0.05) is 5.69 Å². The summed E-state index contributed by atoms with van der Waals surface area (Å²) in [6.07, 6.45) is -4.41. The van der Waals surface area contributed by atoms with Crippen LogP contribution in [0.3, 0.4) is 0 Å². The first kappa shape index (κ1) is 10.6. The molecule has 1 unspecified atom stereocenters. The Kier molecular flexibility index (Phi) is 2.81. The normalized spacial score (nSPS) is 13.6. The van der Waals surface area contributed by atoms with Crippen molar-refractivity contribution in [1.29, 1.82) is 5.26 Å². The summed E-state index contributed by atoms with van der Waals surface area (Å²) in [6, 6.07) is 3.24. The number of hydrogen-bond donors (Lipinski definition) is 2. The van der Waals surface area contributed by atoms with Gasteiger partial charge in [0.05, 0.1) is 18.5 Å². The summed E-state index contributed by atoms with van der Waals surface area (Å²) in [5, 5.41) is 8.30. The van der Waals surface area contributed by atoms with Crippen molar-refractivity contribution in [3.05, 3.63) is 23.5 Å². The van der Waals surface area contributed by atoms with Crippen LogP contribution in [0.1, 0.15) is 23.9 Å². The van der Waals surface area contributed by atoms with Crippen molar-refractivity contribution >= 4 is 0 Å². The molecule has 3 N–H and O–H groups in total. The largest absolute Gasteiger partial charge is 0.431 e. The van der Waals surface area contributed by atoms with Gasteiger partial charge in [0.15, 0.2) is 0 Å². The van der Waals surface area contributed by atoms with Gasteiger partial charge in [-0.3, -0.25) is 0 Å². The molecule has 1 aromatic rings. The van der Waals surface area contributed by atoms with Crippen LogP contribution in [0.25, 0.3) is 0 Å². The Bertz CT molecular complexity index is 347. The lowest BCUT2D eigenvalue weighted by Crippen LogP contribution is -2.11. The lowest BCUT2D eigenvalue weighted by atomic mass is 10.2. The highest BCUT2D eigenvalue weighted by Gasteiger charge is 2.32. The first-order valence-corrected chi connectivity index (χ1v) is 3.84. The number of nitrogens with one attached hydrogen (secondary N) is 1. The molecule has 0 aromatic carbocycles. The van der Waals surface area contributed by atoms with E-state index >= 15 is 0 Å². The molecule has 0 aliphatic rings. The van der Waals surface area contributed by atoms with Gasteiger partial charge in [-0.2, -0.15) is 18.4 Å². The third-order valence-corrected chi connectivity index (χ3v) is 1.72. The number of halogens is 3. The SMILES string of the molecule is N#CCC(N)c1ccc(C(F)(F)F)[nH]1. The minimum atomic E-state index is -4.40. The highest BCUT2D eigenvalue weighted by Crippen LogP contribution is 2.29. The molecule has 0 radical (unpaired) electrons. The number of nitrogens with two attached hydrogens (primary N) is 1. The fraction of sp³-hybridized carbons (Fsp3) is 0.375. The lowest BCUT2D eigenvalue weighted by molar-refractivity contribution is -0.140. The van der Waals surface area contributed by atoms with Gasteiger partial charge in [-0.1, -0.05) is 0 Å². The van der Waals surface area contributed by atoms with Crippen molar-refractivity contribution in [2.45, 2.75) is 18.6 Å². The second-order valence-electron chi connectivity index (χ2n) is 2.79. The number of aromatic amines is 1. The zero-order valence-electron chi connectivity index (χ0n) is 7.10. The van der Waals surface area contributed by atoms with Crippen LogP contribution in [0.4, 0.5) is 13.2 Å². The number of nitrogens with zero attached hydrogens (tertiary/aromatic N) is 1. The zero-order valence-corrected chi connectivity index (χ0v) is 7.10. The van der Waals surface area contributed by atoms with Crippen LogP contribution >= 0.6 is 0 Å². The fourth-order valence-electron chi connectivity index (χ4n) is 1.00. The quantitative estimate of drug-likeness (QED) is 0.771. The van der Waals surface area contributed by atoms with Gasteiger partial charge in [-0.05, 0) is 12.1 Å². The Hall–Kier alpha value is -1.48. The third-order valence-electron chi connectivity index (χ3n) is 1.72. The minimum Gasteiger partial charge on any atom is -0.354 e. The summed E-state index contributed by atoms with van der Waals surface area (Å²) in [4.78, 5) is 2.14. The van der Waals surface area contributed by atoms with E-state index in [9.17, 15) is 13.2 Å². The van der Waals surface area contributed by atoms with Crippen molar-refractivity contribution in [2.24, 2.45) is 5.73 Å². The number of H-pyrrole nitrogens is 1. The molecule has 1 rings (SSSR count). The Morgan fingerprint density at radius 1 is 1.50 bits per heavy atom. The highest BCUT2D eigenvalue weighted by atomic mass is 19.4. The molecule has 0 saturated carbocycles. The molecule has 0 bridgehead atoms. The smallest absolute Gasteiger partial charge is 0.354 e. The van der Waals surface area contributed by atoms with Gasteiger partial charge < -0.3 is 10.7 Å². The highest BCUT2D eigenvalue weighted by molar-refractivity contribution is 5.18. The average Bonchev–Trinajstić information content (AvgIpc) is 2.51. The van der Waals surface area contributed by atoms with E-state index in [1.54, 1.807) is 6.07 Å². The van der Waals surface area contributed by atoms with Crippen LogP contribution in [0.5, 0.6) is 0 Å². The predicted octanol–water partition coefficient (Wildman–Crippen LogP) is 1.95. The lowest BCUT2D eigenvalue weighted by Gasteiger charge is -2.05. The second kappa shape index (κ2) is 3.72. The molecule has 1 aromatic heterocycles. The molecule has 6 heteroatoms. The molecule has 0 spiro atoms. The maximum atomic E-state index is 12.1. The van der Waals surface area contributed by atoms with E-state index < -0.39 is 17.9 Å². The summed E-state index contributed by atoms with van der Waals surface area (Å²) in [6.45, 7) is 0. The second-order valence-corrected chi connectivity index (χ2v) is 2.79. The third kappa shape index (κ3) is 2.26. The van der Waals surface area contributed by atoms with Crippen LogP contribution in [-0.2, 0) is 6.18 Å². The van der Waals surface area contributed by atoms with Gasteiger partial charge in [-0.25, -0.2) is 0 Å². The fourth-order valence-corrected chi connectivity index (χ4v) is 1.00. The van der Waals surface area contributed by atoms with Crippen molar-refractivity contribution in [3.63, 3.8) is 0 Å². The molecule has 1 heterocycles. The van der Waals surface area contributed by atoms with Crippen LogP contribution in [-0.4, -0.2) is 4.98 Å². The number of alkyl halides is 3. The van der Waals surface area contributed by atoms with Crippen molar-refractivity contribution in [1.82, 2.24) is 4.98 Å². The average molecular weight is 203 g/mol. The van der Waals surface area contributed by atoms with Crippen LogP contribution < -0.4 is 5.73 Å². The maximum Gasteiger partial charge on any atom is 0.431 e. The molecular formula is C8H8F3N3. The molecule has 14 heavy (non-hydrogen) atoms. The molecule has 1 atom stereocenters. The first-order valence-electron chi connectivity index (χ1n) is 3.84. The Labute approximate surface area is 78.3 Å². The van der Waals surface area contributed by atoms with Gasteiger partial charge in [0.1, 0.15) is 5.69 Å². The van der Waals surface area contributed by atoms with Crippen molar-refractivity contribution < 1.29 is 13.2 Å². The number of hydrogen-bond acceptors (Lipinski definition) is 2. The first-order chi connectivity index (χ1) is 6.45. The van der Waals surface area contributed by atoms with E-state index in [0.29, 0.717) is 0 Å². The summed E-state index contributed by atoms with van der Waals surface area (Å²) < 4.78 is 36.3. The van der Waals surface area contributed by atoms with Crippen molar-refractivity contribution in [3.8, 4) is 6.07 Å². The van der Waals surface area contributed by atoms with Crippen molar-refractivity contribution in [2.75, 3.05) is 0 Å². The van der Waals surface area contributed by atoms with E-state index in [4.69, 9.17) is 11.0 Å². The topological polar surface area (TPSA) is 65.6 Å². The van der Waals surface area contributed by atoms with E-state index in [0.717, 1.165) is 6.07 Å². The van der Waals surface area contributed by atoms with E-state index in [-0.39, 0.29) is 12.1 Å². The summed E-state index contributed by atoms with van der Waals surface area (Å²) in [7, 11) is 0. The zero-order chi connectivity index (χ0) is 10.8. The van der Waals surface area contributed by atoms with Crippen LogP contribution in [0.15, 0.2) is 12.1 Å². The molecule has 0 aliphatic carbocycles. The predicted molar refractivity (Wildman–Crippen MR) is 43.0 cm³/mol. The molecule has 76 valence electrons. The molecule has 0 saturated heterocycles. The Balaban J connectivity index is 2.84. The number of nitriles is 1. The molecule has 0 aliphatic heterocycles. The Morgan fingerprint density at radius 3 is 2.57 bits per heavy atom. The molecule has 0 amide bonds.